The number of unbranched alkanes of at least 4 members (excludes halogenated alkanes) is 3. The number of ether oxygens (including phenoxy) is 1. The zero-order chi connectivity index (χ0) is 14.8. The first-order chi connectivity index (χ1) is 9.69. The maximum atomic E-state index is 8.71. The maximum Gasteiger partial charge on any atom is 0.142 e. The van der Waals surface area contributed by atoms with Crippen LogP contribution in [0.25, 0.3) is 0 Å². The van der Waals surface area contributed by atoms with E-state index in [0.29, 0.717) is 23.2 Å². The summed E-state index contributed by atoms with van der Waals surface area (Å²) < 4.78 is 5.81. The van der Waals surface area contributed by atoms with Gasteiger partial charge in [0.25, 0.3) is 0 Å². The van der Waals surface area contributed by atoms with Gasteiger partial charge in [-0.25, -0.2) is 0 Å². The summed E-state index contributed by atoms with van der Waals surface area (Å²) in [5.74, 6) is 0.721. The topological polar surface area (TPSA) is 41.5 Å². The Labute approximate surface area is 131 Å². The minimum atomic E-state index is 0.261. The highest BCUT2D eigenvalue weighted by molar-refractivity contribution is 6.35. The van der Waals surface area contributed by atoms with Crippen LogP contribution in [-0.2, 0) is 6.54 Å². The Balaban J connectivity index is 2.53. The normalized spacial score (nSPS) is 10.8. The molecule has 1 aromatic rings. The molecule has 0 aliphatic carbocycles. The van der Waals surface area contributed by atoms with E-state index in [4.69, 9.17) is 33.0 Å². The van der Waals surface area contributed by atoms with Crippen LogP contribution in [0.1, 0.15) is 38.2 Å². The summed E-state index contributed by atoms with van der Waals surface area (Å²) in [6.07, 6.45) is 3.89. The second-order valence-corrected chi connectivity index (χ2v) is 5.49. The summed E-state index contributed by atoms with van der Waals surface area (Å²) in [4.78, 5) is 0. The van der Waals surface area contributed by atoms with Crippen LogP contribution in [0.3, 0.4) is 0 Å². The molecule has 0 atom stereocenters. The molecule has 0 bridgehead atoms. The number of nitrogens with one attached hydrogen (secondary N) is 1. The molecular formula is C15H23Cl2NO2. The Morgan fingerprint density at radius 2 is 1.90 bits per heavy atom. The quantitative estimate of drug-likeness (QED) is 0.640. The molecule has 0 saturated carbocycles. The van der Waals surface area contributed by atoms with Gasteiger partial charge in [0.05, 0.1) is 11.6 Å². The fourth-order valence-corrected chi connectivity index (χ4v) is 2.50. The first kappa shape index (κ1) is 17.6. The maximum absolute atomic E-state index is 8.71. The van der Waals surface area contributed by atoms with E-state index in [-0.39, 0.29) is 6.61 Å². The third-order valence-corrected chi connectivity index (χ3v) is 3.45. The molecule has 5 heteroatoms. The van der Waals surface area contributed by atoms with Crippen LogP contribution >= 0.6 is 23.2 Å². The van der Waals surface area contributed by atoms with Crippen molar-refractivity contribution >= 4 is 23.2 Å². The van der Waals surface area contributed by atoms with Crippen molar-refractivity contribution in [2.75, 3.05) is 19.8 Å². The molecule has 0 heterocycles. The summed E-state index contributed by atoms with van der Waals surface area (Å²) >= 11 is 12.2. The molecule has 1 aromatic carbocycles. The third kappa shape index (κ3) is 6.31. The smallest absolute Gasteiger partial charge is 0.142 e. The predicted octanol–water partition coefficient (Wildman–Crippen LogP) is 4.03. The average molecular weight is 320 g/mol. The predicted molar refractivity (Wildman–Crippen MR) is 84.9 cm³/mol. The zero-order valence-corrected chi connectivity index (χ0v) is 13.4. The highest BCUT2D eigenvalue weighted by atomic mass is 35.5. The Kier molecular flexibility index (Phi) is 9.03. The highest BCUT2D eigenvalue weighted by Gasteiger charge is 2.10. The van der Waals surface area contributed by atoms with E-state index in [1.54, 1.807) is 6.07 Å². The molecule has 0 spiro atoms. The monoisotopic (exact) mass is 319 g/mol. The fraction of sp³-hybridized carbons (Fsp3) is 0.600. The second-order valence-electron chi connectivity index (χ2n) is 4.64. The molecular weight excluding hydrogens is 297 g/mol. The van der Waals surface area contributed by atoms with Gasteiger partial charge in [0, 0.05) is 23.7 Å². The lowest BCUT2D eigenvalue weighted by atomic mass is 10.2. The summed E-state index contributed by atoms with van der Waals surface area (Å²) in [6, 6.07) is 3.59. The van der Waals surface area contributed by atoms with E-state index in [0.717, 1.165) is 43.5 Å². The molecule has 114 valence electrons. The van der Waals surface area contributed by atoms with Crippen molar-refractivity contribution in [3.63, 3.8) is 0 Å². The van der Waals surface area contributed by atoms with Gasteiger partial charge in [-0.15, -0.1) is 0 Å². The van der Waals surface area contributed by atoms with Gasteiger partial charge in [0.2, 0.25) is 0 Å². The Bertz CT molecular complexity index is 400. The van der Waals surface area contributed by atoms with Crippen molar-refractivity contribution in [2.24, 2.45) is 0 Å². The van der Waals surface area contributed by atoms with E-state index >= 15 is 0 Å². The van der Waals surface area contributed by atoms with Crippen LogP contribution in [0.4, 0.5) is 0 Å². The molecule has 20 heavy (non-hydrogen) atoms. The van der Waals surface area contributed by atoms with Crippen molar-refractivity contribution in [2.45, 2.75) is 39.2 Å². The van der Waals surface area contributed by atoms with E-state index in [1.807, 2.05) is 13.0 Å². The number of hydrogen-bond acceptors (Lipinski definition) is 3. The van der Waals surface area contributed by atoms with Crippen molar-refractivity contribution in [1.82, 2.24) is 5.32 Å². The number of aliphatic hydroxyl groups is 1. The van der Waals surface area contributed by atoms with E-state index in [1.165, 1.54) is 0 Å². The minimum absolute atomic E-state index is 0.261. The lowest BCUT2D eigenvalue weighted by molar-refractivity contribution is 0.273. The first-order valence-electron chi connectivity index (χ1n) is 7.11. The lowest BCUT2D eigenvalue weighted by Crippen LogP contribution is -2.13. The summed E-state index contributed by atoms with van der Waals surface area (Å²) in [5.41, 5.74) is 0.986. The van der Waals surface area contributed by atoms with Crippen LogP contribution in [-0.4, -0.2) is 24.9 Å². The molecule has 0 aliphatic heterocycles. The van der Waals surface area contributed by atoms with Gasteiger partial charge >= 0.3 is 0 Å². The minimum Gasteiger partial charge on any atom is -0.492 e. The number of benzene rings is 1. The molecule has 2 N–H and O–H groups in total. The van der Waals surface area contributed by atoms with Crippen LogP contribution in [0.2, 0.25) is 10.0 Å². The molecule has 0 radical (unpaired) electrons. The van der Waals surface area contributed by atoms with Crippen molar-refractivity contribution < 1.29 is 9.84 Å². The molecule has 3 nitrogen and oxygen atoms in total. The zero-order valence-electron chi connectivity index (χ0n) is 11.9. The van der Waals surface area contributed by atoms with Crippen LogP contribution in [0.15, 0.2) is 12.1 Å². The van der Waals surface area contributed by atoms with Crippen LogP contribution < -0.4 is 10.1 Å². The second kappa shape index (κ2) is 10.3. The molecule has 0 saturated heterocycles. The molecule has 0 aliphatic rings. The third-order valence-electron chi connectivity index (χ3n) is 2.95. The van der Waals surface area contributed by atoms with Gasteiger partial charge in [0.15, 0.2) is 0 Å². The largest absolute Gasteiger partial charge is 0.492 e. The van der Waals surface area contributed by atoms with Crippen molar-refractivity contribution in [3.05, 3.63) is 27.7 Å². The fourth-order valence-electron chi connectivity index (χ4n) is 1.91. The Morgan fingerprint density at radius 1 is 1.15 bits per heavy atom. The molecule has 0 amide bonds. The van der Waals surface area contributed by atoms with Crippen molar-refractivity contribution in [3.8, 4) is 5.75 Å². The number of rotatable bonds is 10. The number of aliphatic hydroxyl groups excluding tert-OH is 1. The molecule has 1 rings (SSSR count). The van der Waals surface area contributed by atoms with Crippen molar-refractivity contribution in [1.29, 1.82) is 0 Å². The van der Waals surface area contributed by atoms with E-state index < -0.39 is 0 Å². The summed E-state index contributed by atoms with van der Waals surface area (Å²) in [6.45, 7) is 4.51. The molecule has 0 aromatic heterocycles. The lowest BCUT2D eigenvalue weighted by Gasteiger charge is -2.14. The first-order valence-corrected chi connectivity index (χ1v) is 7.87. The molecule has 0 unspecified atom stereocenters. The van der Waals surface area contributed by atoms with Gasteiger partial charge in [-0.1, -0.05) is 36.5 Å². The van der Waals surface area contributed by atoms with Crippen LogP contribution in [0.5, 0.6) is 5.75 Å². The van der Waals surface area contributed by atoms with E-state index in [9.17, 15) is 0 Å². The summed E-state index contributed by atoms with van der Waals surface area (Å²) in [7, 11) is 0. The van der Waals surface area contributed by atoms with Crippen LogP contribution in [0, 0.1) is 0 Å². The van der Waals surface area contributed by atoms with Gasteiger partial charge in [-0.05, 0) is 37.9 Å². The van der Waals surface area contributed by atoms with Gasteiger partial charge in [0.1, 0.15) is 5.75 Å². The number of halogens is 2. The average Bonchev–Trinajstić information content (AvgIpc) is 2.42. The Morgan fingerprint density at radius 3 is 2.60 bits per heavy atom. The standard InChI is InChI=1S/C15H23Cl2NO2/c1-2-18-11-12-9-13(16)10-14(17)15(12)20-8-6-4-3-5-7-19/h9-10,18-19H,2-8,11H2,1H3. The van der Waals surface area contributed by atoms with E-state index in [2.05, 4.69) is 5.32 Å². The summed E-state index contributed by atoms with van der Waals surface area (Å²) in [5, 5.41) is 13.1. The highest BCUT2D eigenvalue weighted by Crippen LogP contribution is 2.32. The molecule has 0 fully saturated rings. The van der Waals surface area contributed by atoms with Gasteiger partial charge in [-0.2, -0.15) is 0 Å². The Hall–Kier alpha value is -0.480. The SMILES string of the molecule is CCNCc1cc(Cl)cc(Cl)c1OCCCCCCO. The van der Waals surface area contributed by atoms with Gasteiger partial charge in [-0.3, -0.25) is 0 Å². The number of hydrogen-bond donors (Lipinski definition) is 2. The van der Waals surface area contributed by atoms with Gasteiger partial charge < -0.3 is 15.2 Å².